The number of carbonyl (C=O) groups excluding carboxylic acids is 1. The van der Waals surface area contributed by atoms with Crippen LogP contribution in [0.3, 0.4) is 0 Å². The Labute approximate surface area is 155 Å². The molecule has 2 N–H and O–H groups in total. The van der Waals surface area contributed by atoms with E-state index < -0.39 is 17.8 Å². The molecule has 1 amide bonds. The first-order valence-electron chi connectivity index (χ1n) is 9.58. The van der Waals surface area contributed by atoms with Gasteiger partial charge in [0.2, 0.25) is 5.91 Å². The van der Waals surface area contributed by atoms with Crippen molar-refractivity contribution in [2.24, 2.45) is 11.8 Å². The third-order valence-electron chi connectivity index (χ3n) is 5.43. The SMILES string of the molecule is O=C(O)C1CN(Cc2ccccc2)CC1C(=O)NCCC1=CCCCC1. The topological polar surface area (TPSA) is 69.6 Å². The predicted molar refractivity (Wildman–Crippen MR) is 101 cm³/mol. The number of hydrogen-bond acceptors (Lipinski definition) is 3. The lowest BCUT2D eigenvalue weighted by Gasteiger charge is -2.17. The molecule has 1 aliphatic heterocycles. The zero-order chi connectivity index (χ0) is 18.4. The van der Waals surface area contributed by atoms with E-state index in [1.807, 2.05) is 30.3 Å². The van der Waals surface area contributed by atoms with Crippen LogP contribution in [0.1, 0.15) is 37.7 Å². The van der Waals surface area contributed by atoms with E-state index >= 15 is 0 Å². The Morgan fingerprint density at radius 2 is 1.88 bits per heavy atom. The van der Waals surface area contributed by atoms with Crippen LogP contribution in [-0.2, 0) is 16.1 Å². The van der Waals surface area contributed by atoms with E-state index in [0.29, 0.717) is 26.2 Å². The quantitative estimate of drug-likeness (QED) is 0.737. The van der Waals surface area contributed by atoms with Crippen molar-refractivity contribution >= 4 is 11.9 Å². The molecule has 1 heterocycles. The summed E-state index contributed by atoms with van der Waals surface area (Å²) < 4.78 is 0. The maximum absolute atomic E-state index is 12.6. The molecule has 2 atom stereocenters. The molecule has 1 aliphatic carbocycles. The van der Waals surface area contributed by atoms with Crippen molar-refractivity contribution in [2.45, 2.75) is 38.6 Å². The molecule has 0 bridgehead atoms. The van der Waals surface area contributed by atoms with E-state index in [2.05, 4.69) is 16.3 Å². The van der Waals surface area contributed by atoms with Gasteiger partial charge in [-0.05, 0) is 37.7 Å². The lowest BCUT2D eigenvalue weighted by molar-refractivity contribution is -0.145. The molecule has 1 aromatic rings. The molecule has 0 saturated carbocycles. The summed E-state index contributed by atoms with van der Waals surface area (Å²) in [6, 6.07) is 9.97. The summed E-state index contributed by atoms with van der Waals surface area (Å²) >= 11 is 0. The standard InChI is InChI=1S/C21H28N2O3/c24-20(22-12-11-16-7-3-1-4-8-16)18-14-23(15-19(18)21(25)26)13-17-9-5-2-6-10-17/h2,5-7,9-10,18-19H,1,3-4,8,11-15H2,(H,22,24)(H,25,26). The van der Waals surface area contributed by atoms with Crippen LogP contribution in [0.25, 0.3) is 0 Å². The Bertz CT molecular complexity index is 656. The van der Waals surface area contributed by atoms with Crippen molar-refractivity contribution in [1.82, 2.24) is 10.2 Å². The molecule has 0 radical (unpaired) electrons. The summed E-state index contributed by atoms with van der Waals surface area (Å²) in [5.74, 6) is -2.11. The largest absolute Gasteiger partial charge is 0.481 e. The molecule has 1 saturated heterocycles. The minimum atomic E-state index is -0.879. The lowest BCUT2D eigenvalue weighted by atomic mass is 9.95. The summed E-state index contributed by atoms with van der Waals surface area (Å²) in [5.41, 5.74) is 2.56. The second-order valence-electron chi connectivity index (χ2n) is 7.38. The second-order valence-corrected chi connectivity index (χ2v) is 7.38. The van der Waals surface area contributed by atoms with E-state index in [-0.39, 0.29) is 5.91 Å². The maximum atomic E-state index is 12.6. The van der Waals surface area contributed by atoms with Gasteiger partial charge < -0.3 is 10.4 Å². The molecule has 0 spiro atoms. The van der Waals surface area contributed by atoms with Gasteiger partial charge in [0.05, 0.1) is 11.8 Å². The number of carboxylic acids is 1. The summed E-state index contributed by atoms with van der Waals surface area (Å²) in [6.45, 7) is 2.21. The Morgan fingerprint density at radius 3 is 2.58 bits per heavy atom. The molecule has 1 fully saturated rings. The number of carbonyl (C=O) groups is 2. The molecular weight excluding hydrogens is 328 g/mol. The van der Waals surface area contributed by atoms with Gasteiger partial charge in [-0.25, -0.2) is 0 Å². The zero-order valence-corrected chi connectivity index (χ0v) is 15.2. The number of aliphatic carboxylic acids is 1. The van der Waals surface area contributed by atoms with Gasteiger partial charge >= 0.3 is 5.97 Å². The van der Waals surface area contributed by atoms with Gasteiger partial charge in [-0.15, -0.1) is 0 Å². The van der Waals surface area contributed by atoms with Crippen LogP contribution in [0.15, 0.2) is 42.0 Å². The average molecular weight is 356 g/mol. The van der Waals surface area contributed by atoms with Crippen molar-refractivity contribution in [3.63, 3.8) is 0 Å². The molecular formula is C21H28N2O3. The fourth-order valence-electron chi connectivity index (χ4n) is 3.98. The highest BCUT2D eigenvalue weighted by Crippen LogP contribution is 2.26. The number of nitrogens with zero attached hydrogens (tertiary/aromatic N) is 1. The molecule has 26 heavy (non-hydrogen) atoms. The summed E-state index contributed by atoms with van der Waals surface area (Å²) in [4.78, 5) is 26.3. The van der Waals surface area contributed by atoms with Gasteiger partial charge in [0, 0.05) is 26.2 Å². The normalized spacial score (nSPS) is 23.5. The van der Waals surface area contributed by atoms with Crippen molar-refractivity contribution in [3.8, 4) is 0 Å². The fourth-order valence-corrected chi connectivity index (χ4v) is 3.98. The number of likely N-dealkylation sites (tertiary alicyclic amines) is 1. The predicted octanol–water partition coefficient (Wildman–Crippen LogP) is 2.83. The van der Waals surface area contributed by atoms with E-state index in [0.717, 1.165) is 24.8 Å². The Morgan fingerprint density at radius 1 is 1.12 bits per heavy atom. The third kappa shape index (κ3) is 4.94. The van der Waals surface area contributed by atoms with E-state index in [1.54, 1.807) is 0 Å². The van der Waals surface area contributed by atoms with Gasteiger partial charge in [0.25, 0.3) is 0 Å². The minimum absolute atomic E-state index is 0.121. The number of carboxylic acid groups (broad SMARTS) is 1. The van der Waals surface area contributed by atoms with E-state index in [1.165, 1.54) is 18.4 Å². The van der Waals surface area contributed by atoms with Crippen LogP contribution in [0.5, 0.6) is 0 Å². The fraction of sp³-hybridized carbons (Fsp3) is 0.524. The van der Waals surface area contributed by atoms with Crippen LogP contribution >= 0.6 is 0 Å². The van der Waals surface area contributed by atoms with Crippen molar-refractivity contribution in [2.75, 3.05) is 19.6 Å². The molecule has 5 heteroatoms. The first-order chi connectivity index (χ1) is 12.6. The van der Waals surface area contributed by atoms with Crippen LogP contribution in [0.4, 0.5) is 0 Å². The number of benzene rings is 1. The van der Waals surface area contributed by atoms with Crippen LogP contribution in [-0.4, -0.2) is 41.5 Å². The van der Waals surface area contributed by atoms with Crippen LogP contribution < -0.4 is 5.32 Å². The Kier molecular flexibility index (Phi) is 6.45. The first kappa shape index (κ1) is 18.6. The second kappa shape index (κ2) is 8.99. The molecule has 1 aromatic carbocycles. The summed E-state index contributed by atoms with van der Waals surface area (Å²) in [7, 11) is 0. The van der Waals surface area contributed by atoms with Gasteiger partial charge in [0.1, 0.15) is 0 Å². The highest BCUT2D eigenvalue weighted by molar-refractivity contribution is 5.85. The summed E-state index contributed by atoms with van der Waals surface area (Å²) in [5, 5.41) is 12.5. The number of allylic oxidation sites excluding steroid dienone is 1. The molecule has 0 aromatic heterocycles. The molecule has 140 valence electrons. The summed E-state index contributed by atoms with van der Waals surface area (Å²) in [6.07, 6.45) is 7.92. The number of nitrogens with one attached hydrogen (secondary N) is 1. The number of hydrogen-bond donors (Lipinski definition) is 2. The maximum Gasteiger partial charge on any atom is 0.308 e. The van der Waals surface area contributed by atoms with Crippen LogP contribution in [0, 0.1) is 11.8 Å². The zero-order valence-electron chi connectivity index (χ0n) is 15.2. The van der Waals surface area contributed by atoms with Crippen molar-refractivity contribution in [3.05, 3.63) is 47.5 Å². The van der Waals surface area contributed by atoms with Gasteiger partial charge in [-0.2, -0.15) is 0 Å². The van der Waals surface area contributed by atoms with E-state index in [9.17, 15) is 14.7 Å². The first-order valence-corrected chi connectivity index (χ1v) is 9.58. The Hall–Kier alpha value is -2.14. The molecule has 2 unspecified atom stereocenters. The van der Waals surface area contributed by atoms with Gasteiger partial charge in [0.15, 0.2) is 0 Å². The van der Waals surface area contributed by atoms with E-state index in [4.69, 9.17) is 0 Å². The highest BCUT2D eigenvalue weighted by atomic mass is 16.4. The molecule has 2 aliphatic rings. The van der Waals surface area contributed by atoms with Gasteiger partial charge in [-0.3, -0.25) is 14.5 Å². The van der Waals surface area contributed by atoms with Crippen molar-refractivity contribution in [1.29, 1.82) is 0 Å². The number of amides is 1. The monoisotopic (exact) mass is 356 g/mol. The van der Waals surface area contributed by atoms with Crippen LogP contribution in [0.2, 0.25) is 0 Å². The number of rotatable bonds is 7. The average Bonchev–Trinajstić information content (AvgIpc) is 3.08. The smallest absolute Gasteiger partial charge is 0.308 e. The molecule has 3 rings (SSSR count). The highest BCUT2D eigenvalue weighted by Gasteiger charge is 2.41. The molecule has 5 nitrogen and oxygen atoms in total. The minimum Gasteiger partial charge on any atom is -0.481 e. The lowest BCUT2D eigenvalue weighted by Crippen LogP contribution is -2.38. The Balaban J connectivity index is 1.53. The third-order valence-corrected chi connectivity index (χ3v) is 5.43. The van der Waals surface area contributed by atoms with Crippen molar-refractivity contribution < 1.29 is 14.7 Å². The van der Waals surface area contributed by atoms with Gasteiger partial charge in [-0.1, -0.05) is 42.0 Å².